The molecule has 1 rings (SSSR count). The highest BCUT2D eigenvalue weighted by molar-refractivity contribution is 7.89. The number of amides is 1. The zero-order valence-electron chi connectivity index (χ0n) is 11.9. The summed E-state index contributed by atoms with van der Waals surface area (Å²) in [7, 11) is -3.44. The first-order valence-corrected chi connectivity index (χ1v) is 7.81. The normalized spacial score (nSPS) is 12.2. The molecule has 6 nitrogen and oxygen atoms in total. The number of sulfonamides is 1. The molecule has 0 saturated carbocycles. The first-order valence-electron chi connectivity index (χ1n) is 6.32. The van der Waals surface area contributed by atoms with E-state index >= 15 is 0 Å². The Morgan fingerprint density at radius 3 is 2.25 bits per heavy atom. The van der Waals surface area contributed by atoms with E-state index in [9.17, 15) is 13.2 Å². The number of nitrogens with one attached hydrogen (secondary N) is 2. The van der Waals surface area contributed by atoms with Crippen LogP contribution in [-0.2, 0) is 14.8 Å². The Kier molecular flexibility index (Phi) is 5.13. The van der Waals surface area contributed by atoms with E-state index in [4.69, 9.17) is 5.73 Å². The fourth-order valence-corrected chi connectivity index (χ4v) is 2.90. The minimum Gasteiger partial charge on any atom is -0.380 e. The lowest BCUT2D eigenvalue weighted by atomic mass is 10.00. The van der Waals surface area contributed by atoms with Crippen molar-refractivity contribution in [2.45, 2.75) is 37.6 Å². The van der Waals surface area contributed by atoms with Crippen LogP contribution >= 0.6 is 0 Å². The van der Waals surface area contributed by atoms with Gasteiger partial charge in [0.2, 0.25) is 15.9 Å². The highest BCUT2D eigenvalue weighted by Gasteiger charge is 2.20. The zero-order chi connectivity index (χ0) is 15.4. The van der Waals surface area contributed by atoms with E-state index in [2.05, 4.69) is 10.0 Å². The van der Waals surface area contributed by atoms with Gasteiger partial charge in [-0.3, -0.25) is 4.79 Å². The van der Waals surface area contributed by atoms with Gasteiger partial charge in [-0.2, -0.15) is 0 Å². The van der Waals surface area contributed by atoms with Crippen LogP contribution in [0.4, 0.5) is 5.69 Å². The van der Waals surface area contributed by atoms with Gasteiger partial charge in [0.15, 0.2) is 0 Å². The number of rotatable bonds is 7. The van der Waals surface area contributed by atoms with Gasteiger partial charge in [0, 0.05) is 24.2 Å². The van der Waals surface area contributed by atoms with Crippen molar-refractivity contribution in [3.05, 3.63) is 24.3 Å². The molecule has 0 fully saturated rings. The number of hydrogen-bond acceptors (Lipinski definition) is 4. The summed E-state index contributed by atoms with van der Waals surface area (Å²) in [5, 5.41) is 3.14. The molecule has 0 heterocycles. The molecule has 1 amide bonds. The van der Waals surface area contributed by atoms with Crippen LogP contribution in [0.1, 0.15) is 27.2 Å². The maximum absolute atomic E-state index is 11.8. The minimum absolute atomic E-state index is 0.185. The second-order valence-corrected chi connectivity index (χ2v) is 6.94. The molecule has 7 heteroatoms. The van der Waals surface area contributed by atoms with E-state index in [-0.39, 0.29) is 11.3 Å². The Morgan fingerprint density at radius 2 is 1.80 bits per heavy atom. The van der Waals surface area contributed by atoms with E-state index in [0.717, 1.165) is 5.69 Å². The Morgan fingerprint density at radius 1 is 1.25 bits per heavy atom. The zero-order valence-corrected chi connectivity index (χ0v) is 12.8. The lowest BCUT2D eigenvalue weighted by Crippen LogP contribution is -2.36. The minimum atomic E-state index is -3.44. The molecule has 1 aromatic rings. The molecule has 0 bridgehead atoms. The topological polar surface area (TPSA) is 101 Å². The van der Waals surface area contributed by atoms with Crippen molar-refractivity contribution in [2.75, 3.05) is 11.9 Å². The van der Waals surface area contributed by atoms with Crippen molar-refractivity contribution in [1.82, 2.24) is 4.72 Å². The van der Waals surface area contributed by atoms with Crippen LogP contribution in [0.3, 0.4) is 0 Å². The molecule has 0 aromatic heterocycles. The van der Waals surface area contributed by atoms with E-state index in [1.807, 2.05) is 13.8 Å². The van der Waals surface area contributed by atoms with Crippen LogP contribution in [0.25, 0.3) is 0 Å². The Hall–Kier alpha value is -1.60. The summed E-state index contributed by atoms with van der Waals surface area (Å²) in [5.74, 6) is -0.395. The average molecular weight is 299 g/mol. The summed E-state index contributed by atoms with van der Waals surface area (Å²) in [6, 6.07) is 6.35. The van der Waals surface area contributed by atoms with Gasteiger partial charge >= 0.3 is 0 Å². The molecule has 1 aromatic carbocycles. The SMILES string of the molecule is CCNS(=O)(=O)c1ccc(NC(C)(C)CC(N)=O)cc1. The van der Waals surface area contributed by atoms with E-state index in [1.165, 1.54) is 12.1 Å². The van der Waals surface area contributed by atoms with Gasteiger partial charge in [-0.1, -0.05) is 6.92 Å². The fourth-order valence-electron chi connectivity index (χ4n) is 1.86. The number of hydrogen-bond donors (Lipinski definition) is 3. The smallest absolute Gasteiger partial charge is 0.240 e. The Labute approximate surface area is 119 Å². The molecule has 0 aliphatic rings. The van der Waals surface area contributed by atoms with E-state index in [0.29, 0.717) is 6.54 Å². The molecule has 20 heavy (non-hydrogen) atoms. The highest BCUT2D eigenvalue weighted by Crippen LogP contribution is 2.20. The van der Waals surface area contributed by atoms with Gasteiger partial charge in [-0.05, 0) is 38.1 Å². The predicted molar refractivity (Wildman–Crippen MR) is 78.8 cm³/mol. The summed E-state index contributed by atoms with van der Waals surface area (Å²) in [6.07, 6.45) is 0.185. The molecule has 0 unspecified atom stereocenters. The number of carbonyl (C=O) groups is 1. The molecule has 0 atom stereocenters. The first kappa shape index (κ1) is 16.5. The Balaban J connectivity index is 2.85. The third kappa shape index (κ3) is 4.82. The molecule has 0 aliphatic carbocycles. The summed E-state index contributed by atoms with van der Waals surface area (Å²) in [4.78, 5) is 11.2. The summed E-state index contributed by atoms with van der Waals surface area (Å²) < 4.78 is 26.0. The van der Waals surface area contributed by atoms with Gasteiger partial charge in [-0.25, -0.2) is 13.1 Å². The third-order valence-electron chi connectivity index (χ3n) is 2.60. The molecular weight excluding hydrogens is 278 g/mol. The number of carbonyl (C=O) groups excluding carboxylic acids is 1. The first-order chi connectivity index (χ1) is 9.16. The molecule has 0 saturated heterocycles. The van der Waals surface area contributed by atoms with Crippen LogP contribution in [-0.4, -0.2) is 26.4 Å². The monoisotopic (exact) mass is 299 g/mol. The van der Waals surface area contributed by atoms with Crippen molar-refractivity contribution in [2.24, 2.45) is 5.73 Å². The summed E-state index contributed by atoms with van der Waals surface area (Å²) >= 11 is 0. The van der Waals surface area contributed by atoms with Gasteiger partial charge < -0.3 is 11.1 Å². The van der Waals surface area contributed by atoms with Gasteiger partial charge in [0.25, 0.3) is 0 Å². The number of primary amides is 1. The van der Waals surface area contributed by atoms with E-state index < -0.39 is 21.5 Å². The number of benzene rings is 1. The second-order valence-electron chi connectivity index (χ2n) is 5.18. The van der Waals surface area contributed by atoms with Crippen LogP contribution in [0.5, 0.6) is 0 Å². The quantitative estimate of drug-likeness (QED) is 0.700. The standard InChI is InChI=1S/C13H21N3O3S/c1-4-15-20(18,19)11-7-5-10(6-8-11)16-13(2,3)9-12(14)17/h5-8,15-16H,4,9H2,1-3H3,(H2,14,17). The molecule has 0 radical (unpaired) electrons. The Bertz CT molecular complexity index is 565. The maximum atomic E-state index is 11.8. The lowest BCUT2D eigenvalue weighted by Gasteiger charge is -2.26. The van der Waals surface area contributed by atoms with Crippen molar-refractivity contribution in [3.8, 4) is 0 Å². The predicted octanol–water partition coefficient (Wildman–Crippen LogP) is 1.05. The van der Waals surface area contributed by atoms with Crippen LogP contribution in [0.15, 0.2) is 29.2 Å². The van der Waals surface area contributed by atoms with Crippen molar-refractivity contribution < 1.29 is 13.2 Å². The van der Waals surface area contributed by atoms with Crippen molar-refractivity contribution in [3.63, 3.8) is 0 Å². The average Bonchev–Trinajstić information content (AvgIpc) is 2.26. The van der Waals surface area contributed by atoms with Crippen molar-refractivity contribution >= 4 is 21.6 Å². The molecule has 0 spiro atoms. The van der Waals surface area contributed by atoms with Gasteiger partial charge in [-0.15, -0.1) is 0 Å². The van der Waals surface area contributed by atoms with Gasteiger partial charge in [0.1, 0.15) is 0 Å². The summed E-state index contributed by atoms with van der Waals surface area (Å²) in [5.41, 5.74) is 5.42. The highest BCUT2D eigenvalue weighted by atomic mass is 32.2. The van der Waals surface area contributed by atoms with Crippen LogP contribution in [0, 0.1) is 0 Å². The maximum Gasteiger partial charge on any atom is 0.240 e. The number of anilines is 1. The third-order valence-corrected chi connectivity index (χ3v) is 4.16. The fraction of sp³-hybridized carbons (Fsp3) is 0.462. The number of nitrogens with two attached hydrogens (primary N) is 1. The van der Waals surface area contributed by atoms with E-state index in [1.54, 1.807) is 19.1 Å². The lowest BCUT2D eigenvalue weighted by molar-refractivity contribution is -0.118. The van der Waals surface area contributed by atoms with Gasteiger partial charge in [0.05, 0.1) is 4.90 Å². The molecule has 0 aliphatic heterocycles. The molecule has 112 valence electrons. The van der Waals surface area contributed by atoms with Crippen molar-refractivity contribution in [1.29, 1.82) is 0 Å². The molecule has 4 N–H and O–H groups in total. The van der Waals surface area contributed by atoms with Crippen LogP contribution < -0.4 is 15.8 Å². The van der Waals surface area contributed by atoms with Crippen LogP contribution in [0.2, 0.25) is 0 Å². The molecular formula is C13H21N3O3S. The summed E-state index contributed by atoms with van der Waals surface area (Å²) in [6.45, 7) is 5.76. The largest absolute Gasteiger partial charge is 0.380 e. The second kappa shape index (κ2) is 6.23.